The number of nitrogens with one attached hydrogen (secondary N) is 1. The minimum Gasteiger partial charge on any atom is -0.390 e. The maximum absolute atomic E-state index is 12.4. The summed E-state index contributed by atoms with van der Waals surface area (Å²) in [5, 5.41) is 13.2. The van der Waals surface area contributed by atoms with Crippen molar-refractivity contribution in [3.63, 3.8) is 0 Å². The van der Waals surface area contributed by atoms with Crippen molar-refractivity contribution >= 4 is 5.91 Å². The predicted molar refractivity (Wildman–Crippen MR) is 86.2 cm³/mol. The molecule has 3 atom stereocenters. The number of hydrogen-bond donors (Lipinski definition) is 3. The monoisotopic (exact) mass is 302 g/mol. The Kier molecular flexibility index (Phi) is 4.79. The first-order valence-electron chi connectivity index (χ1n) is 8.47. The number of nitrogens with two attached hydrogens (primary N) is 1. The number of fused-ring (bicyclic) bond motifs is 1. The predicted octanol–water partition coefficient (Wildman–Crippen LogP) is 2.06. The van der Waals surface area contributed by atoms with Crippen molar-refractivity contribution in [2.75, 3.05) is 0 Å². The lowest BCUT2D eigenvalue weighted by molar-refractivity contribution is -0.124. The van der Waals surface area contributed by atoms with Crippen LogP contribution in [0.25, 0.3) is 0 Å². The van der Waals surface area contributed by atoms with Gasteiger partial charge in [-0.05, 0) is 23.5 Å². The van der Waals surface area contributed by atoms with E-state index in [1.165, 1.54) is 32.1 Å². The number of aliphatic hydroxyl groups is 1. The summed E-state index contributed by atoms with van der Waals surface area (Å²) in [7, 11) is 0. The highest BCUT2D eigenvalue weighted by molar-refractivity contribution is 5.82. The van der Waals surface area contributed by atoms with Gasteiger partial charge in [-0.1, -0.05) is 56.4 Å². The lowest BCUT2D eigenvalue weighted by Gasteiger charge is -2.25. The number of rotatable bonds is 4. The van der Waals surface area contributed by atoms with Gasteiger partial charge >= 0.3 is 0 Å². The molecule has 0 radical (unpaired) electrons. The number of benzene rings is 1. The topological polar surface area (TPSA) is 75.4 Å². The third kappa shape index (κ3) is 3.33. The lowest BCUT2D eigenvalue weighted by Crippen LogP contribution is -2.45. The number of amides is 1. The first kappa shape index (κ1) is 15.5. The maximum atomic E-state index is 12.4. The van der Waals surface area contributed by atoms with E-state index in [0.29, 0.717) is 12.3 Å². The number of carbonyl (C=O) groups is 1. The zero-order valence-electron chi connectivity index (χ0n) is 13.0. The molecular formula is C18H26N2O2. The smallest absolute Gasteiger partial charge is 0.237 e. The molecule has 120 valence electrons. The fraction of sp³-hybridized carbons (Fsp3) is 0.611. The van der Waals surface area contributed by atoms with E-state index in [2.05, 4.69) is 5.32 Å². The van der Waals surface area contributed by atoms with Gasteiger partial charge in [-0.15, -0.1) is 0 Å². The second-order valence-corrected chi connectivity index (χ2v) is 6.80. The molecule has 22 heavy (non-hydrogen) atoms. The molecule has 0 bridgehead atoms. The van der Waals surface area contributed by atoms with Gasteiger partial charge in [0.15, 0.2) is 0 Å². The van der Waals surface area contributed by atoms with E-state index < -0.39 is 12.1 Å². The van der Waals surface area contributed by atoms with E-state index in [-0.39, 0.29) is 11.9 Å². The van der Waals surface area contributed by atoms with Crippen molar-refractivity contribution in [3.8, 4) is 0 Å². The summed E-state index contributed by atoms with van der Waals surface area (Å²) in [6.45, 7) is 0. The Morgan fingerprint density at radius 2 is 2.00 bits per heavy atom. The van der Waals surface area contributed by atoms with Gasteiger partial charge in [0.05, 0.1) is 18.2 Å². The fourth-order valence-corrected chi connectivity index (χ4v) is 3.90. The van der Waals surface area contributed by atoms with Crippen molar-refractivity contribution in [3.05, 3.63) is 35.4 Å². The average molecular weight is 302 g/mol. The van der Waals surface area contributed by atoms with Crippen LogP contribution in [0.3, 0.4) is 0 Å². The molecule has 4 N–H and O–H groups in total. The summed E-state index contributed by atoms with van der Waals surface area (Å²) in [5.74, 6) is 0.446. The van der Waals surface area contributed by atoms with Crippen molar-refractivity contribution in [1.82, 2.24) is 5.32 Å². The highest BCUT2D eigenvalue weighted by Gasteiger charge is 2.33. The minimum absolute atomic E-state index is 0.133. The molecule has 4 nitrogen and oxygen atoms in total. The van der Waals surface area contributed by atoms with Crippen LogP contribution in [-0.4, -0.2) is 23.2 Å². The number of aliphatic hydroxyl groups excluding tert-OH is 1. The summed E-state index contributed by atoms with van der Waals surface area (Å²) in [5.41, 5.74) is 8.23. The summed E-state index contributed by atoms with van der Waals surface area (Å²) in [6.07, 6.45) is 7.01. The minimum atomic E-state index is -0.553. The van der Waals surface area contributed by atoms with Crippen LogP contribution in [0, 0.1) is 5.92 Å². The molecule has 0 aromatic heterocycles. The zero-order valence-corrected chi connectivity index (χ0v) is 13.0. The van der Waals surface area contributed by atoms with Gasteiger partial charge in [-0.25, -0.2) is 0 Å². The molecule has 0 saturated heterocycles. The van der Waals surface area contributed by atoms with Gasteiger partial charge in [-0.3, -0.25) is 4.79 Å². The second-order valence-electron chi connectivity index (χ2n) is 6.80. The number of carbonyl (C=O) groups excluding carboxylic acids is 1. The molecule has 0 heterocycles. The Hall–Kier alpha value is -1.39. The van der Waals surface area contributed by atoms with Gasteiger partial charge in [0.25, 0.3) is 0 Å². The number of hydrogen-bond acceptors (Lipinski definition) is 3. The quantitative estimate of drug-likeness (QED) is 0.797. The third-order valence-corrected chi connectivity index (χ3v) is 5.15. The molecule has 0 spiro atoms. The summed E-state index contributed by atoms with van der Waals surface area (Å²) in [4.78, 5) is 12.4. The first-order chi connectivity index (χ1) is 10.6. The highest BCUT2D eigenvalue weighted by Crippen LogP contribution is 2.32. The molecule has 1 unspecified atom stereocenters. The van der Waals surface area contributed by atoms with Crippen LogP contribution >= 0.6 is 0 Å². The molecular weight excluding hydrogens is 276 g/mol. The Balaban J connectivity index is 1.59. The lowest BCUT2D eigenvalue weighted by atomic mass is 9.85. The average Bonchev–Trinajstić information content (AvgIpc) is 2.84. The molecule has 1 aromatic carbocycles. The van der Waals surface area contributed by atoms with E-state index in [9.17, 15) is 9.90 Å². The molecule has 1 saturated carbocycles. The normalized spacial score (nSPS) is 26.5. The molecule has 1 fully saturated rings. The standard InChI is InChI=1S/C18H26N2O2/c19-15(10-12-6-2-1-3-7-12)18(22)20-17-14-9-5-4-8-13(14)11-16(17)21/h4-5,8-9,12,15-17,21H,1-3,6-7,10-11,19H2,(H,20,22)/t15?,16-,17+/m1/s1. The van der Waals surface area contributed by atoms with Gasteiger partial charge in [-0.2, -0.15) is 0 Å². The Labute approximate surface area is 132 Å². The molecule has 2 aliphatic carbocycles. The van der Waals surface area contributed by atoms with Gasteiger partial charge in [0.1, 0.15) is 0 Å². The zero-order chi connectivity index (χ0) is 15.5. The molecule has 1 amide bonds. The maximum Gasteiger partial charge on any atom is 0.237 e. The highest BCUT2D eigenvalue weighted by atomic mass is 16.3. The van der Waals surface area contributed by atoms with Crippen molar-refractivity contribution < 1.29 is 9.90 Å². The second kappa shape index (κ2) is 6.80. The Bertz CT molecular complexity index is 526. The van der Waals surface area contributed by atoms with Crippen LogP contribution < -0.4 is 11.1 Å². The van der Waals surface area contributed by atoms with E-state index >= 15 is 0 Å². The van der Waals surface area contributed by atoms with Crippen molar-refractivity contribution in [2.45, 2.75) is 63.1 Å². The Morgan fingerprint density at radius 1 is 1.27 bits per heavy atom. The third-order valence-electron chi connectivity index (χ3n) is 5.15. The van der Waals surface area contributed by atoms with E-state index in [4.69, 9.17) is 5.73 Å². The van der Waals surface area contributed by atoms with E-state index in [1.54, 1.807) is 0 Å². The van der Waals surface area contributed by atoms with Crippen LogP contribution in [0.2, 0.25) is 0 Å². The van der Waals surface area contributed by atoms with Crippen molar-refractivity contribution in [1.29, 1.82) is 0 Å². The van der Waals surface area contributed by atoms with E-state index in [0.717, 1.165) is 17.5 Å². The largest absolute Gasteiger partial charge is 0.390 e. The van der Waals surface area contributed by atoms with Crippen LogP contribution in [0.15, 0.2) is 24.3 Å². The van der Waals surface area contributed by atoms with Crippen LogP contribution in [0.5, 0.6) is 0 Å². The SMILES string of the molecule is NC(CC1CCCCC1)C(=O)N[C@H]1c2ccccc2C[C@H]1O. The first-order valence-corrected chi connectivity index (χ1v) is 8.47. The molecule has 0 aliphatic heterocycles. The molecule has 2 aliphatic rings. The molecule has 1 aromatic rings. The molecule has 3 rings (SSSR count). The summed E-state index contributed by atoms with van der Waals surface area (Å²) < 4.78 is 0. The van der Waals surface area contributed by atoms with Crippen LogP contribution in [0.4, 0.5) is 0 Å². The van der Waals surface area contributed by atoms with Gasteiger partial charge < -0.3 is 16.2 Å². The summed E-state index contributed by atoms with van der Waals surface area (Å²) in [6, 6.07) is 7.10. The van der Waals surface area contributed by atoms with Gasteiger partial charge in [0, 0.05) is 6.42 Å². The Morgan fingerprint density at radius 3 is 2.77 bits per heavy atom. The fourth-order valence-electron chi connectivity index (χ4n) is 3.90. The van der Waals surface area contributed by atoms with E-state index in [1.807, 2.05) is 24.3 Å². The molecule has 4 heteroatoms. The van der Waals surface area contributed by atoms with Gasteiger partial charge in [0.2, 0.25) is 5.91 Å². The van der Waals surface area contributed by atoms with Crippen LogP contribution in [0.1, 0.15) is 55.7 Å². The summed E-state index contributed by atoms with van der Waals surface area (Å²) >= 11 is 0. The van der Waals surface area contributed by atoms with Crippen LogP contribution in [-0.2, 0) is 11.2 Å². The van der Waals surface area contributed by atoms with Crippen molar-refractivity contribution in [2.24, 2.45) is 11.7 Å².